The molecule has 2 nitrogen and oxygen atoms in total. The number of aryl methyl sites for hydroxylation is 1. The van der Waals surface area contributed by atoms with Gasteiger partial charge in [0, 0.05) is 28.7 Å². The molecule has 0 atom stereocenters. The second-order valence-electron chi connectivity index (χ2n) is 4.75. The van der Waals surface area contributed by atoms with E-state index in [2.05, 4.69) is 15.9 Å². The second-order valence-corrected chi connectivity index (χ2v) is 6.10. The molecule has 0 saturated carbocycles. The highest BCUT2D eigenvalue weighted by Gasteiger charge is 2.14. The quantitative estimate of drug-likeness (QED) is 0.785. The molecule has 0 saturated heterocycles. The third kappa shape index (κ3) is 3.62. The summed E-state index contributed by atoms with van der Waals surface area (Å²) in [5, 5.41) is 0.548. The van der Waals surface area contributed by atoms with Gasteiger partial charge in [-0.05, 0) is 36.2 Å². The van der Waals surface area contributed by atoms with Gasteiger partial charge in [0.25, 0.3) is 5.91 Å². The summed E-state index contributed by atoms with van der Waals surface area (Å²) in [7, 11) is 1.80. The van der Waals surface area contributed by atoms with Gasteiger partial charge in [-0.15, -0.1) is 0 Å². The van der Waals surface area contributed by atoms with Crippen LogP contribution in [0.2, 0.25) is 5.02 Å². The molecular weight excluding hydrogens is 338 g/mol. The van der Waals surface area contributed by atoms with E-state index in [1.54, 1.807) is 30.1 Å². The number of rotatable bonds is 3. The minimum Gasteiger partial charge on any atom is -0.337 e. The molecule has 2 rings (SSSR count). The standard InChI is InChI=1S/C16H15BrClNO/c1-11-5-3-4-6-12(11)10-19(2)16(20)13-7-14(17)9-15(18)8-13/h3-9H,10H2,1-2H3. The zero-order chi connectivity index (χ0) is 14.7. The largest absolute Gasteiger partial charge is 0.337 e. The first-order valence-electron chi connectivity index (χ1n) is 6.23. The lowest BCUT2D eigenvalue weighted by atomic mass is 10.1. The van der Waals surface area contributed by atoms with Crippen LogP contribution in [0.25, 0.3) is 0 Å². The molecule has 0 spiro atoms. The van der Waals surface area contributed by atoms with Crippen LogP contribution in [0.1, 0.15) is 21.5 Å². The van der Waals surface area contributed by atoms with Crippen LogP contribution in [0.15, 0.2) is 46.9 Å². The second kappa shape index (κ2) is 6.42. The molecule has 0 fully saturated rings. The fraction of sp³-hybridized carbons (Fsp3) is 0.188. The Morgan fingerprint density at radius 1 is 1.25 bits per heavy atom. The van der Waals surface area contributed by atoms with Gasteiger partial charge in [0.2, 0.25) is 0 Å². The molecule has 0 bridgehead atoms. The highest BCUT2D eigenvalue weighted by molar-refractivity contribution is 9.10. The number of hydrogen-bond acceptors (Lipinski definition) is 1. The molecule has 0 aliphatic rings. The summed E-state index contributed by atoms with van der Waals surface area (Å²) in [5.74, 6) is -0.0450. The van der Waals surface area contributed by atoms with E-state index in [0.29, 0.717) is 17.1 Å². The number of carbonyl (C=O) groups excluding carboxylic acids is 1. The first-order chi connectivity index (χ1) is 9.47. The Morgan fingerprint density at radius 3 is 2.60 bits per heavy atom. The van der Waals surface area contributed by atoms with Crippen molar-refractivity contribution in [2.24, 2.45) is 0 Å². The summed E-state index contributed by atoms with van der Waals surface area (Å²) >= 11 is 9.34. The molecule has 0 heterocycles. The monoisotopic (exact) mass is 351 g/mol. The Hall–Kier alpha value is -1.32. The first-order valence-corrected chi connectivity index (χ1v) is 7.40. The summed E-state index contributed by atoms with van der Waals surface area (Å²) < 4.78 is 0.803. The Bertz CT molecular complexity index is 622. The van der Waals surface area contributed by atoms with E-state index in [1.165, 1.54) is 5.56 Å². The molecule has 20 heavy (non-hydrogen) atoms. The molecule has 2 aromatic carbocycles. The van der Waals surface area contributed by atoms with Gasteiger partial charge in [0.05, 0.1) is 0 Å². The van der Waals surface area contributed by atoms with Gasteiger partial charge in [0.15, 0.2) is 0 Å². The summed E-state index contributed by atoms with van der Waals surface area (Å²) in [5.41, 5.74) is 2.91. The maximum Gasteiger partial charge on any atom is 0.253 e. The van der Waals surface area contributed by atoms with E-state index < -0.39 is 0 Å². The van der Waals surface area contributed by atoms with E-state index in [9.17, 15) is 4.79 Å². The number of benzene rings is 2. The lowest BCUT2D eigenvalue weighted by Crippen LogP contribution is -2.26. The molecular formula is C16H15BrClNO. The fourth-order valence-corrected chi connectivity index (χ4v) is 2.87. The molecule has 104 valence electrons. The first kappa shape index (κ1) is 15.1. The van der Waals surface area contributed by atoms with Crippen molar-refractivity contribution < 1.29 is 4.79 Å². The third-order valence-corrected chi connectivity index (χ3v) is 3.80. The summed E-state index contributed by atoms with van der Waals surface area (Å²) in [6.45, 7) is 2.62. The topological polar surface area (TPSA) is 20.3 Å². The SMILES string of the molecule is Cc1ccccc1CN(C)C(=O)c1cc(Cl)cc(Br)c1. The summed E-state index contributed by atoms with van der Waals surface area (Å²) in [4.78, 5) is 14.1. The predicted octanol–water partition coefficient (Wildman–Crippen LogP) is 4.68. The smallest absolute Gasteiger partial charge is 0.253 e. The van der Waals surface area contributed by atoms with Crippen molar-refractivity contribution in [3.8, 4) is 0 Å². The van der Waals surface area contributed by atoms with Crippen molar-refractivity contribution in [3.63, 3.8) is 0 Å². The van der Waals surface area contributed by atoms with Gasteiger partial charge in [-0.25, -0.2) is 0 Å². The van der Waals surface area contributed by atoms with Gasteiger partial charge in [-0.3, -0.25) is 4.79 Å². The average Bonchev–Trinajstić information content (AvgIpc) is 2.39. The minimum atomic E-state index is -0.0450. The van der Waals surface area contributed by atoms with Gasteiger partial charge in [-0.1, -0.05) is 51.8 Å². The molecule has 4 heteroatoms. The van der Waals surface area contributed by atoms with Crippen molar-refractivity contribution >= 4 is 33.4 Å². The number of carbonyl (C=O) groups is 1. The molecule has 0 aromatic heterocycles. The van der Waals surface area contributed by atoms with Crippen molar-refractivity contribution in [3.05, 3.63) is 68.7 Å². The normalized spacial score (nSPS) is 10.4. The fourth-order valence-electron chi connectivity index (χ4n) is 2.01. The molecule has 2 aromatic rings. The van der Waals surface area contributed by atoms with Gasteiger partial charge in [-0.2, -0.15) is 0 Å². The van der Waals surface area contributed by atoms with Crippen LogP contribution >= 0.6 is 27.5 Å². The van der Waals surface area contributed by atoms with Crippen molar-refractivity contribution in [2.45, 2.75) is 13.5 Å². The van der Waals surface area contributed by atoms with Gasteiger partial charge >= 0.3 is 0 Å². The van der Waals surface area contributed by atoms with Crippen LogP contribution in [0.5, 0.6) is 0 Å². The lowest BCUT2D eigenvalue weighted by molar-refractivity contribution is 0.0785. The third-order valence-electron chi connectivity index (χ3n) is 3.12. The van der Waals surface area contributed by atoms with E-state index >= 15 is 0 Å². The summed E-state index contributed by atoms with van der Waals surface area (Å²) in [6.07, 6.45) is 0. The average molecular weight is 353 g/mol. The minimum absolute atomic E-state index is 0.0450. The van der Waals surface area contributed by atoms with Crippen molar-refractivity contribution in [2.75, 3.05) is 7.05 Å². The Kier molecular flexibility index (Phi) is 4.84. The molecule has 0 radical (unpaired) electrons. The molecule has 1 amide bonds. The van der Waals surface area contributed by atoms with Crippen LogP contribution in [0.4, 0.5) is 0 Å². The van der Waals surface area contributed by atoms with Crippen LogP contribution in [-0.2, 0) is 6.54 Å². The Morgan fingerprint density at radius 2 is 1.95 bits per heavy atom. The molecule has 0 aliphatic heterocycles. The zero-order valence-electron chi connectivity index (χ0n) is 11.4. The maximum absolute atomic E-state index is 12.4. The van der Waals surface area contributed by atoms with Gasteiger partial charge in [0.1, 0.15) is 0 Å². The van der Waals surface area contributed by atoms with E-state index in [4.69, 9.17) is 11.6 Å². The van der Waals surface area contributed by atoms with E-state index in [1.807, 2.05) is 31.2 Å². The zero-order valence-corrected chi connectivity index (χ0v) is 13.7. The molecule has 0 aliphatic carbocycles. The molecule has 0 N–H and O–H groups in total. The highest BCUT2D eigenvalue weighted by Crippen LogP contribution is 2.21. The Balaban J connectivity index is 2.18. The van der Waals surface area contributed by atoms with Gasteiger partial charge < -0.3 is 4.90 Å². The highest BCUT2D eigenvalue weighted by atomic mass is 79.9. The summed E-state index contributed by atoms with van der Waals surface area (Å²) in [6, 6.07) is 13.3. The number of nitrogens with zero attached hydrogens (tertiary/aromatic N) is 1. The van der Waals surface area contributed by atoms with E-state index in [-0.39, 0.29) is 5.91 Å². The maximum atomic E-state index is 12.4. The number of hydrogen-bond donors (Lipinski definition) is 0. The number of amides is 1. The van der Waals surface area contributed by atoms with Crippen LogP contribution < -0.4 is 0 Å². The lowest BCUT2D eigenvalue weighted by Gasteiger charge is -2.19. The van der Waals surface area contributed by atoms with Crippen molar-refractivity contribution in [1.82, 2.24) is 4.90 Å². The Labute approximate surface area is 132 Å². The predicted molar refractivity (Wildman–Crippen MR) is 86.1 cm³/mol. The van der Waals surface area contributed by atoms with Crippen LogP contribution in [0.3, 0.4) is 0 Å². The van der Waals surface area contributed by atoms with E-state index in [0.717, 1.165) is 10.0 Å². The van der Waals surface area contributed by atoms with Crippen LogP contribution in [0, 0.1) is 6.92 Å². The number of halogens is 2. The van der Waals surface area contributed by atoms with Crippen molar-refractivity contribution in [1.29, 1.82) is 0 Å². The van der Waals surface area contributed by atoms with Crippen LogP contribution in [-0.4, -0.2) is 17.9 Å². The molecule has 0 unspecified atom stereocenters.